The molecule has 1 aliphatic carbocycles. The molecule has 1 saturated carbocycles. The third-order valence-electron chi connectivity index (χ3n) is 4.13. The van der Waals surface area contributed by atoms with Crippen LogP contribution in [0.4, 0.5) is 0 Å². The number of hydrogen-bond acceptors (Lipinski definition) is 4. The smallest absolute Gasteiger partial charge is 0.230 e. The second kappa shape index (κ2) is 8.47. The van der Waals surface area contributed by atoms with Gasteiger partial charge in [-0.15, -0.1) is 11.8 Å². The molecule has 118 valence electrons. The van der Waals surface area contributed by atoms with Crippen molar-refractivity contribution in [2.24, 2.45) is 0 Å². The standard InChI is InChI=1S/C16H26N2O2S/c1-12-15(13(2)20-18-12)10-21-11-16(19)17-14-8-6-4-3-5-7-9-14/h14H,3-11H2,1-2H3,(H,17,19). The molecule has 0 bridgehead atoms. The lowest BCUT2D eigenvalue weighted by molar-refractivity contribution is -0.119. The van der Waals surface area contributed by atoms with Crippen LogP contribution in [0.15, 0.2) is 4.52 Å². The van der Waals surface area contributed by atoms with Crippen molar-refractivity contribution in [1.29, 1.82) is 0 Å². The van der Waals surface area contributed by atoms with Crippen molar-refractivity contribution in [3.8, 4) is 0 Å². The van der Waals surface area contributed by atoms with Gasteiger partial charge in [-0.25, -0.2) is 0 Å². The highest BCUT2D eigenvalue weighted by Gasteiger charge is 2.15. The summed E-state index contributed by atoms with van der Waals surface area (Å²) in [4.78, 5) is 12.0. The van der Waals surface area contributed by atoms with Gasteiger partial charge in [0, 0.05) is 17.4 Å². The van der Waals surface area contributed by atoms with Crippen LogP contribution in [-0.2, 0) is 10.5 Å². The number of carbonyl (C=O) groups excluding carboxylic acids is 1. The summed E-state index contributed by atoms with van der Waals surface area (Å²) in [6.07, 6.45) is 8.75. The van der Waals surface area contributed by atoms with Crippen LogP contribution in [0.5, 0.6) is 0 Å². The first kappa shape index (κ1) is 16.4. The predicted molar refractivity (Wildman–Crippen MR) is 86.4 cm³/mol. The van der Waals surface area contributed by atoms with Gasteiger partial charge in [-0.05, 0) is 26.7 Å². The van der Waals surface area contributed by atoms with Gasteiger partial charge in [0.1, 0.15) is 5.76 Å². The Kier molecular flexibility index (Phi) is 6.61. The molecule has 21 heavy (non-hydrogen) atoms. The second-order valence-corrected chi connectivity index (χ2v) is 6.89. The van der Waals surface area contributed by atoms with Crippen molar-refractivity contribution >= 4 is 17.7 Å². The van der Waals surface area contributed by atoms with Crippen LogP contribution in [0.3, 0.4) is 0 Å². The Labute approximate surface area is 131 Å². The van der Waals surface area contributed by atoms with E-state index in [0.29, 0.717) is 11.8 Å². The van der Waals surface area contributed by atoms with E-state index in [2.05, 4.69) is 10.5 Å². The van der Waals surface area contributed by atoms with E-state index in [1.807, 2.05) is 13.8 Å². The normalized spacial score (nSPS) is 17.2. The molecule has 0 unspecified atom stereocenters. The number of nitrogens with zero attached hydrogens (tertiary/aromatic N) is 1. The predicted octanol–water partition coefficient (Wildman–Crippen LogP) is 3.75. The van der Waals surface area contributed by atoms with Crippen LogP contribution in [0.25, 0.3) is 0 Å². The molecule has 0 radical (unpaired) electrons. The second-order valence-electron chi connectivity index (χ2n) is 5.91. The number of rotatable bonds is 5. The van der Waals surface area contributed by atoms with E-state index in [1.54, 1.807) is 11.8 Å². The van der Waals surface area contributed by atoms with Gasteiger partial charge >= 0.3 is 0 Å². The Morgan fingerprint density at radius 2 is 1.90 bits per heavy atom. The van der Waals surface area contributed by atoms with Crippen LogP contribution in [0, 0.1) is 13.8 Å². The van der Waals surface area contributed by atoms with Crippen LogP contribution < -0.4 is 5.32 Å². The number of aryl methyl sites for hydroxylation is 2. The first-order chi connectivity index (χ1) is 10.2. The fourth-order valence-electron chi connectivity index (χ4n) is 2.82. The summed E-state index contributed by atoms with van der Waals surface area (Å²) in [6, 6.07) is 0.387. The summed E-state index contributed by atoms with van der Waals surface area (Å²) in [5, 5.41) is 7.14. The number of thioether (sulfide) groups is 1. The average molecular weight is 310 g/mol. The maximum absolute atomic E-state index is 12.0. The van der Waals surface area contributed by atoms with Crippen molar-refractivity contribution in [1.82, 2.24) is 10.5 Å². The summed E-state index contributed by atoms with van der Waals surface area (Å²) < 4.78 is 5.14. The van der Waals surface area contributed by atoms with Gasteiger partial charge in [0.05, 0.1) is 11.4 Å². The molecular weight excluding hydrogens is 284 g/mol. The van der Waals surface area contributed by atoms with E-state index in [0.717, 1.165) is 35.6 Å². The highest BCUT2D eigenvalue weighted by molar-refractivity contribution is 7.99. The first-order valence-corrected chi connectivity index (χ1v) is 9.11. The molecule has 5 heteroatoms. The van der Waals surface area contributed by atoms with Gasteiger partial charge in [0.15, 0.2) is 0 Å². The van der Waals surface area contributed by atoms with Gasteiger partial charge in [-0.1, -0.05) is 37.3 Å². The fraction of sp³-hybridized carbons (Fsp3) is 0.750. The van der Waals surface area contributed by atoms with Gasteiger partial charge in [0.2, 0.25) is 5.91 Å². The Bertz CT molecular complexity index is 432. The molecule has 0 aromatic carbocycles. The third-order valence-corrected chi connectivity index (χ3v) is 5.09. The summed E-state index contributed by atoms with van der Waals surface area (Å²) in [7, 11) is 0. The summed E-state index contributed by atoms with van der Waals surface area (Å²) >= 11 is 1.63. The van der Waals surface area contributed by atoms with E-state index < -0.39 is 0 Å². The molecule has 4 nitrogen and oxygen atoms in total. The summed E-state index contributed by atoms with van der Waals surface area (Å²) in [5.74, 6) is 2.33. The molecule has 1 amide bonds. The van der Waals surface area contributed by atoms with Gasteiger partial charge in [-0.3, -0.25) is 4.79 Å². The molecule has 0 atom stereocenters. The van der Waals surface area contributed by atoms with Crippen LogP contribution >= 0.6 is 11.8 Å². The number of hydrogen-bond donors (Lipinski definition) is 1. The van der Waals surface area contributed by atoms with E-state index in [-0.39, 0.29) is 5.91 Å². The highest BCUT2D eigenvalue weighted by atomic mass is 32.2. The zero-order valence-electron chi connectivity index (χ0n) is 13.1. The maximum atomic E-state index is 12.0. The average Bonchev–Trinajstić information content (AvgIpc) is 2.73. The Morgan fingerprint density at radius 3 is 2.52 bits per heavy atom. The van der Waals surface area contributed by atoms with Crippen LogP contribution in [0.2, 0.25) is 0 Å². The Morgan fingerprint density at radius 1 is 1.24 bits per heavy atom. The van der Waals surface area contributed by atoms with Gasteiger partial charge in [0.25, 0.3) is 0 Å². The maximum Gasteiger partial charge on any atom is 0.230 e. The van der Waals surface area contributed by atoms with Crippen molar-refractivity contribution in [2.75, 3.05) is 5.75 Å². The van der Waals surface area contributed by atoms with E-state index in [1.165, 1.54) is 32.1 Å². The van der Waals surface area contributed by atoms with Gasteiger partial charge in [-0.2, -0.15) is 0 Å². The van der Waals surface area contributed by atoms with Crippen molar-refractivity contribution in [3.05, 3.63) is 17.0 Å². The zero-order valence-corrected chi connectivity index (χ0v) is 13.9. The Balaban J connectivity index is 1.69. The number of carbonyl (C=O) groups is 1. The van der Waals surface area contributed by atoms with Crippen LogP contribution in [0.1, 0.15) is 62.0 Å². The summed E-state index contributed by atoms with van der Waals surface area (Å²) in [5.41, 5.74) is 2.05. The Hall–Kier alpha value is -0.970. The quantitative estimate of drug-likeness (QED) is 0.900. The molecular formula is C16H26N2O2S. The lowest BCUT2D eigenvalue weighted by Crippen LogP contribution is -2.36. The van der Waals surface area contributed by atoms with E-state index >= 15 is 0 Å². The molecule has 1 heterocycles. The fourth-order valence-corrected chi connectivity index (χ4v) is 3.81. The molecule has 0 saturated heterocycles. The summed E-state index contributed by atoms with van der Waals surface area (Å²) in [6.45, 7) is 3.87. The van der Waals surface area contributed by atoms with E-state index in [4.69, 9.17) is 4.52 Å². The minimum Gasteiger partial charge on any atom is -0.361 e. The monoisotopic (exact) mass is 310 g/mol. The van der Waals surface area contributed by atoms with E-state index in [9.17, 15) is 4.79 Å². The van der Waals surface area contributed by atoms with Gasteiger partial charge < -0.3 is 9.84 Å². The number of aromatic nitrogens is 1. The zero-order chi connectivity index (χ0) is 15.1. The number of amides is 1. The lowest BCUT2D eigenvalue weighted by atomic mass is 9.97. The van der Waals surface area contributed by atoms with Crippen molar-refractivity contribution < 1.29 is 9.32 Å². The highest BCUT2D eigenvalue weighted by Crippen LogP contribution is 2.20. The number of nitrogens with one attached hydrogen (secondary N) is 1. The molecule has 1 fully saturated rings. The minimum atomic E-state index is 0.164. The van der Waals surface area contributed by atoms with Crippen LogP contribution in [-0.4, -0.2) is 22.9 Å². The minimum absolute atomic E-state index is 0.164. The molecule has 1 aromatic rings. The first-order valence-electron chi connectivity index (χ1n) is 7.95. The molecule has 0 aliphatic heterocycles. The SMILES string of the molecule is Cc1noc(C)c1CSCC(=O)NC1CCCCCCC1. The molecule has 1 aromatic heterocycles. The topological polar surface area (TPSA) is 55.1 Å². The van der Waals surface area contributed by atoms with Crippen molar-refractivity contribution in [2.45, 2.75) is 70.6 Å². The molecule has 1 N–H and O–H groups in total. The third kappa shape index (κ3) is 5.38. The molecule has 2 rings (SSSR count). The van der Waals surface area contributed by atoms with Crippen molar-refractivity contribution in [3.63, 3.8) is 0 Å². The lowest BCUT2D eigenvalue weighted by Gasteiger charge is -2.20. The molecule has 1 aliphatic rings. The molecule has 0 spiro atoms. The largest absolute Gasteiger partial charge is 0.361 e.